The van der Waals surface area contributed by atoms with E-state index in [1.54, 1.807) is 11.0 Å². The van der Waals surface area contributed by atoms with Gasteiger partial charge >= 0.3 is 0 Å². The van der Waals surface area contributed by atoms with Gasteiger partial charge in [-0.05, 0) is 73.2 Å². The van der Waals surface area contributed by atoms with Gasteiger partial charge in [0.05, 0.1) is 0 Å². The summed E-state index contributed by atoms with van der Waals surface area (Å²) in [6.07, 6.45) is 4.59. The predicted octanol–water partition coefficient (Wildman–Crippen LogP) is 6.03. The Morgan fingerprint density at radius 1 is 0.946 bits per heavy atom. The Morgan fingerprint density at radius 3 is 2.30 bits per heavy atom. The summed E-state index contributed by atoms with van der Waals surface area (Å²) >= 11 is 6.26. The van der Waals surface area contributed by atoms with Crippen LogP contribution in [0.5, 0.6) is 5.75 Å². The number of amides is 2. The zero-order valence-corrected chi connectivity index (χ0v) is 22.3. The number of hydrogen-bond donors (Lipinski definition) is 1. The molecule has 0 aromatic heterocycles. The molecule has 0 radical (unpaired) electrons. The Bertz CT molecular complexity index is 1190. The molecule has 1 aliphatic rings. The summed E-state index contributed by atoms with van der Waals surface area (Å²) < 4.78 is 5.94. The summed E-state index contributed by atoms with van der Waals surface area (Å²) in [6.45, 7) is 4.09. The number of nitrogens with zero attached hydrogens (tertiary/aromatic N) is 1. The molecule has 0 unspecified atom stereocenters. The lowest BCUT2D eigenvalue weighted by Crippen LogP contribution is -2.53. The highest BCUT2D eigenvalue weighted by Crippen LogP contribution is 2.22. The number of hydrogen-bond acceptors (Lipinski definition) is 3. The van der Waals surface area contributed by atoms with E-state index >= 15 is 0 Å². The first-order chi connectivity index (χ1) is 17.9. The van der Waals surface area contributed by atoms with Crippen LogP contribution in [0.4, 0.5) is 0 Å². The second kappa shape index (κ2) is 12.8. The molecule has 5 nitrogen and oxygen atoms in total. The molecule has 37 heavy (non-hydrogen) atoms. The molecule has 0 saturated heterocycles. The summed E-state index contributed by atoms with van der Waals surface area (Å²) in [6, 6.07) is 22.6. The van der Waals surface area contributed by atoms with Gasteiger partial charge in [0.15, 0.2) is 6.61 Å². The van der Waals surface area contributed by atoms with Gasteiger partial charge in [-0.2, -0.15) is 0 Å². The van der Waals surface area contributed by atoms with Crippen molar-refractivity contribution in [2.75, 3.05) is 6.61 Å². The Labute approximate surface area is 224 Å². The maximum absolute atomic E-state index is 13.7. The van der Waals surface area contributed by atoms with Gasteiger partial charge in [0.1, 0.15) is 11.8 Å². The summed E-state index contributed by atoms with van der Waals surface area (Å²) in [7, 11) is 0. The minimum absolute atomic E-state index is 0.127. The van der Waals surface area contributed by atoms with Crippen molar-refractivity contribution in [1.82, 2.24) is 10.2 Å². The van der Waals surface area contributed by atoms with E-state index in [1.807, 2.05) is 74.5 Å². The van der Waals surface area contributed by atoms with Crippen molar-refractivity contribution in [3.63, 3.8) is 0 Å². The maximum atomic E-state index is 13.7. The molecule has 1 aliphatic carbocycles. The van der Waals surface area contributed by atoms with Gasteiger partial charge in [-0.15, -0.1) is 0 Å². The Kier molecular flexibility index (Phi) is 9.24. The van der Waals surface area contributed by atoms with Crippen LogP contribution < -0.4 is 10.1 Å². The number of halogens is 1. The predicted molar refractivity (Wildman–Crippen MR) is 148 cm³/mol. The number of aryl methyl sites for hydroxylation is 2. The summed E-state index contributed by atoms with van der Waals surface area (Å²) in [4.78, 5) is 29.1. The van der Waals surface area contributed by atoms with Crippen LogP contribution >= 0.6 is 11.6 Å². The molecule has 3 aromatic carbocycles. The van der Waals surface area contributed by atoms with Crippen LogP contribution in [0.2, 0.25) is 5.02 Å². The molecule has 1 N–H and O–H groups in total. The molecule has 0 spiro atoms. The zero-order valence-electron chi connectivity index (χ0n) is 21.6. The Balaban J connectivity index is 1.62. The van der Waals surface area contributed by atoms with Gasteiger partial charge in [0.2, 0.25) is 5.91 Å². The fourth-order valence-corrected chi connectivity index (χ4v) is 5.21. The second-order valence-corrected chi connectivity index (χ2v) is 10.4. The van der Waals surface area contributed by atoms with Crippen LogP contribution in [-0.4, -0.2) is 35.4 Å². The van der Waals surface area contributed by atoms with Crippen molar-refractivity contribution in [3.05, 3.63) is 100 Å². The lowest BCUT2D eigenvalue weighted by Gasteiger charge is -2.32. The van der Waals surface area contributed by atoms with Gasteiger partial charge in [0.25, 0.3) is 5.91 Å². The molecule has 1 atom stereocenters. The van der Waals surface area contributed by atoms with E-state index in [0.717, 1.165) is 47.9 Å². The third-order valence-electron chi connectivity index (χ3n) is 6.77. The van der Waals surface area contributed by atoms with Crippen molar-refractivity contribution in [3.8, 4) is 5.75 Å². The maximum Gasteiger partial charge on any atom is 0.261 e. The Morgan fingerprint density at radius 2 is 1.62 bits per heavy atom. The summed E-state index contributed by atoms with van der Waals surface area (Å²) in [5, 5.41) is 3.81. The van der Waals surface area contributed by atoms with Crippen molar-refractivity contribution in [2.45, 2.75) is 64.6 Å². The second-order valence-electron chi connectivity index (χ2n) is 9.96. The largest absolute Gasteiger partial charge is 0.484 e. The van der Waals surface area contributed by atoms with Crippen molar-refractivity contribution in [2.24, 2.45) is 0 Å². The van der Waals surface area contributed by atoms with E-state index in [2.05, 4.69) is 11.4 Å². The molecule has 0 heterocycles. The minimum Gasteiger partial charge on any atom is -0.484 e. The van der Waals surface area contributed by atoms with Crippen LogP contribution in [0.25, 0.3) is 0 Å². The summed E-state index contributed by atoms with van der Waals surface area (Å²) in [5.74, 6) is 0.266. The smallest absolute Gasteiger partial charge is 0.261 e. The van der Waals surface area contributed by atoms with E-state index in [0.29, 0.717) is 17.2 Å². The van der Waals surface area contributed by atoms with Crippen molar-refractivity contribution >= 4 is 23.4 Å². The molecule has 6 heteroatoms. The van der Waals surface area contributed by atoms with E-state index < -0.39 is 6.04 Å². The first kappa shape index (κ1) is 26.7. The third-order valence-corrected chi connectivity index (χ3v) is 7.01. The molecule has 1 fully saturated rings. The lowest BCUT2D eigenvalue weighted by molar-refractivity contribution is -0.143. The first-order valence-electron chi connectivity index (χ1n) is 13.0. The molecule has 1 saturated carbocycles. The monoisotopic (exact) mass is 518 g/mol. The number of carbonyl (C=O) groups excluding carboxylic acids is 2. The van der Waals surface area contributed by atoms with Crippen LogP contribution in [0, 0.1) is 13.8 Å². The van der Waals surface area contributed by atoms with Gasteiger partial charge in [-0.3, -0.25) is 9.59 Å². The van der Waals surface area contributed by atoms with Gasteiger partial charge in [-0.1, -0.05) is 73.0 Å². The number of nitrogens with one attached hydrogen (secondary N) is 1. The fourth-order valence-electron chi connectivity index (χ4n) is 5.00. The average Bonchev–Trinajstić information content (AvgIpc) is 3.38. The lowest BCUT2D eigenvalue weighted by atomic mass is 10.0. The highest BCUT2D eigenvalue weighted by atomic mass is 35.5. The molecular formula is C31H35ClN2O3. The SMILES string of the molecule is Cc1cc(C)cc(OCC(=O)N(Cc2cccc(Cl)c2)[C@@H](Cc2ccccc2)C(=O)NC2CCCC2)c1. The molecular weight excluding hydrogens is 484 g/mol. The third kappa shape index (κ3) is 7.83. The number of rotatable bonds is 10. The van der Waals surface area contributed by atoms with E-state index in [-0.39, 0.29) is 31.0 Å². The van der Waals surface area contributed by atoms with Gasteiger partial charge < -0.3 is 15.0 Å². The molecule has 4 rings (SSSR count). The van der Waals surface area contributed by atoms with E-state index in [9.17, 15) is 9.59 Å². The van der Waals surface area contributed by atoms with Gasteiger partial charge in [-0.25, -0.2) is 0 Å². The Hall–Kier alpha value is -3.31. The van der Waals surface area contributed by atoms with E-state index in [1.165, 1.54) is 0 Å². The van der Waals surface area contributed by atoms with Crippen LogP contribution in [-0.2, 0) is 22.6 Å². The fraction of sp³-hybridized carbons (Fsp3) is 0.355. The van der Waals surface area contributed by atoms with Gasteiger partial charge in [0, 0.05) is 24.0 Å². The van der Waals surface area contributed by atoms with Crippen molar-refractivity contribution < 1.29 is 14.3 Å². The molecule has 194 valence electrons. The highest BCUT2D eigenvalue weighted by Gasteiger charge is 2.32. The number of carbonyl (C=O) groups is 2. The van der Waals surface area contributed by atoms with Crippen molar-refractivity contribution in [1.29, 1.82) is 0 Å². The van der Waals surface area contributed by atoms with Crippen LogP contribution in [0.1, 0.15) is 47.9 Å². The summed E-state index contributed by atoms with van der Waals surface area (Å²) in [5.41, 5.74) is 3.99. The minimum atomic E-state index is -0.683. The molecule has 2 amide bonds. The zero-order chi connectivity index (χ0) is 26.2. The molecule has 0 bridgehead atoms. The normalized spacial score (nSPS) is 14.2. The number of ether oxygens (including phenoxy) is 1. The quantitative estimate of drug-likeness (QED) is 0.356. The molecule has 3 aromatic rings. The number of benzene rings is 3. The average molecular weight is 519 g/mol. The topological polar surface area (TPSA) is 58.6 Å². The highest BCUT2D eigenvalue weighted by molar-refractivity contribution is 6.30. The van der Waals surface area contributed by atoms with Crippen LogP contribution in [0.15, 0.2) is 72.8 Å². The molecule has 0 aliphatic heterocycles. The first-order valence-corrected chi connectivity index (χ1v) is 13.3. The van der Waals surface area contributed by atoms with Crippen LogP contribution in [0.3, 0.4) is 0 Å². The standard InChI is InChI=1S/C31H35ClN2O3/c1-22-15-23(2)17-28(16-22)37-21-30(35)34(20-25-11-8-12-26(32)18-25)29(19-24-9-4-3-5-10-24)31(36)33-27-13-6-7-14-27/h3-5,8-12,15-18,27,29H,6-7,13-14,19-21H2,1-2H3,(H,33,36)/t29-/m0/s1. The van der Waals surface area contributed by atoms with E-state index in [4.69, 9.17) is 16.3 Å².